The van der Waals surface area contributed by atoms with Crippen LogP contribution in [-0.2, 0) is 9.59 Å². The number of thiophene rings is 1. The van der Waals surface area contributed by atoms with Gasteiger partial charge in [-0.3, -0.25) is 29.3 Å². The highest BCUT2D eigenvalue weighted by Gasteiger charge is 2.67. The van der Waals surface area contributed by atoms with E-state index in [0.717, 1.165) is 16.4 Å². The summed E-state index contributed by atoms with van der Waals surface area (Å²) in [7, 11) is 0. The van der Waals surface area contributed by atoms with Crippen molar-refractivity contribution in [1.29, 1.82) is 0 Å². The number of nitro groups is 1. The maximum Gasteiger partial charge on any atom is 0.273 e. The fraction of sp³-hybridized carbons (Fsp3) is 0.364. The molecule has 1 aromatic heterocycles. The second-order valence-corrected chi connectivity index (χ2v) is 11.6. The molecule has 176 valence electrons. The Morgan fingerprint density at radius 1 is 1.06 bits per heavy atom. The normalized spacial score (nSPS) is 29.4. The average Bonchev–Trinajstić information content (AvgIpc) is 3.59. The van der Waals surface area contributed by atoms with Gasteiger partial charge >= 0.3 is 0 Å². The molecule has 1 saturated heterocycles. The number of nitrogens with zero attached hydrogens (tertiary/aromatic N) is 3. The van der Waals surface area contributed by atoms with E-state index in [1.807, 2.05) is 0 Å². The fourth-order valence-electron chi connectivity index (χ4n) is 5.33. The van der Waals surface area contributed by atoms with Gasteiger partial charge in [0, 0.05) is 27.4 Å². The Morgan fingerprint density at radius 2 is 1.65 bits per heavy atom. The van der Waals surface area contributed by atoms with E-state index in [1.54, 1.807) is 17.5 Å². The van der Waals surface area contributed by atoms with Gasteiger partial charge in [-0.1, -0.05) is 37.9 Å². The number of ketones is 1. The van der Waals surface area contributed by atoms with Crippen molar-refractivity contribution in [2.24, 2.45) is 23.7 Å². The molecule has 1 aromatic carbocycles. The predicted octanol–water partition coefficient (Wildman–Crippen LogP) is 3.67. The van der Waals surface area contributed by atoms with E-state index >= 15 is 0 Å². The third-order valence-electron chi connectivity index (χ3n) is 6.85. The lowest BCUT2D eigenvalue weighted by Gasteiger charge is -2.30. The summed E-state index contributed by atoms with van der Waals surface area (Å²) in [6.45, 7) is -0.502. The lowest BCUT2D eigenvalue weighted by atomic mass is 9.81. The molecule has 0 spiro atoms. The number of alkyl halides is 2. The number of non-ortho nitro benzene ring substituents is 1. The molecule has 2 bridgehead atoms. The van der Waals surface area contributed by atoms with Crippen LogP contribution in [0.2, 0.25) is 0 Å². The summed E-state index contributed by atoms with van der Waals surface area (Å²) in [6.07, 6.45) is 0.733. The molecule has 2 saturated carbocycles. The van der Waals surface area contributed by atoms with Crippen LogP contribution in [0.5, 0.6) is 0 Å². The average molecular weight is 611 g/mol. The van der Waals surface area contributed by atoms with Crippen molar-refractivity contribution in [1.82, 2.24) is 10.0 Å². The molecule has 2 heterocycles. The minimum absolute atomic E-state index is 0.0296. The predicted molar refractivity (Wildman–Crippen MR) is 129 cm³/mol. The minimum Gasteiger partial charge on any atom is -0.291 e. The third kappa shape index (κ3) is 3.54. The van der Waals surface area contributed by atoms with Gasteiger partial charge in [-0.05, 0) is 41.8 Å². The van der Waals surface area contributed by atoms with Crippen LogP contribution in [0.15, 0.2) is 41.8 Å². The molecule has 1 aliphatic heterocycles. The molecule has 3 aliphatic rings. The molecule has 3 amide bonds. The Kier molecular flexibility index (Phi) is 5.93. The first-order chi connectivity index (χ1) is 16.2. The monoisotopic (exact) mass is 609 g/mol. The number of fused-ring (bicyclic) bond motifs is 5. The molecule has 34 heavy (non-hydrogen) atoms. The van der Waals surface area contributed by atoms with Crippen molar-refractivity contribution in [3.05, 3.63) is 62.3 Å². The molecular formula is C22H17Br2N3O6S. The van der Waals surface area contributed by atoms with Crippen molar-refractivity contribution < 1.29 is 24.1 Å². The quantitative estimate of drug-likeness (QED) is 0.162. The van der Waals surface area contributed by atoms with Crippen LogP contribution in [0, 0.1) is 33.8 Å². The van der Waals surface area contributed by atoms with Crippen molar-refractivity contribution in [3.63, 3.8) is 0 Å². The van der Waals surface area contributed by atoms with Crippen LogP contribution in [-0.4, -0.2) is 54.6 Å². The number of amides is 3. The molecule has 0 radical (unpaired) electrons. The summed E-state index contributed by atoms with van der Waals surface area (Å²) in [5, 5.41) is 14.4. The lowest BCUT2D eigenvalue weighted by molar-refractivity contribution is -0.384. The number of benzene rings is 1. The summed E-state index contributed by atoms with van der Waals surface area (Å²) in [6, 6.07) is 8.14. The summed E-state index contributed by atoms with van der Waals surface area (Å²) in [5.41, 5.74) is -0.175. The minimum atomic E-state index is -0.750. The van der Waals surface area contributed by atoms with Gasteiger partial charge in [-0.25, -0.2) is 5.01 Å². The number of halogens is 2. The third-order valence-corrected chi connectivity index (χ3v) is 11.0. The van der Waals surface area contributed by atoms with E-state index in [4.69, 9.17) is 0 Å². The Bertz CT molecular complexity index is 1170. The molecule has 3 fully saturated rings. The van der Waals surface area contributed by atoms with E-state index in [0.29, 0.717) is 4.88 Å². The maximum absolute atomic E-state index is 13.5. The summed E-state index contributed by atoms with van der Waals surface area (Å²) in [5.74, 6) is -3.35. The molecule has 2 aliphatic carbocycles. The van der Waals surface area contributed by atoms with Crippen LogP contribution < -0.4 is 0 Å². The van der Waals surface area contributed by atoms with Crippen molar-refractivity contribution in [2.45, 2.75) is 16.1 Å². The molecule has 6 atom stereocenters. The van der Waals surface area contributed by atoms with Crippen LogP contribution >= 0.6 is 43.2 Å². The fourth-order valence-corrected chi connectivity index (χ4v) is 7.86. The van der Waals surface area contributed by atoms with Crippen molar-refractivity contribution >= 4 is 72.4 Å². The smallest absolute Gasteiger partial charge is 0.273 e. The molecular weight excluding hydrogens is 594 g/mol. The number of rotatable bonds is 6. The number of hydrazine groups is 1. The number of hydrogen-bond acceptors (Lipinski definition) is 7. The Morgan fingerprint density at radius 3 is 2.15 bits per heavy atom. The van der Waals surface area contributed by atoms with Gasteiger partial charge in [0.2, 0.25) is 0 Å². The van der Waals surface area contributed by atoms with E-state index in [2.05, 4.69) is 31.9 Å². The lowest BCUT2D eigenvalue weighted by Crippen LogP contribution is -2.52. The number of nitro benzene ring substituents is 1. The van der Waals surface area contributed by atoms with E-state index in [-0.39, 0.29) is 32.7 Å². The number of imide groups is 1. The second kappa shape index (κ2) is 8.65. The number of carbonyl (C=O) groups is 4. The van der Waals surface area contributed by atoms with E-state index in [1.165, 1.54) is 35.6 Å². The Hall–Kier alpha value is -2.44. The van der Waals surface area contributed by atoms with E-state index in [9.17, 15) is 29.3 Å². The Labute approximate surface area is 214 Å². The van der Waals surface area contributed by atoms with Gasteiger partial charge in [0.1, 0.15) is 6.54 Å². The van der Waals surface area contributed by atoms with Gasteiger partial charge in [0.15, 0.2) is 5.78 Å². The largest absolute Gasteiger partial charge is 0.291 e. The SMILES string of the molecule is O=C(CN(C(=O)c1ccc([N+](=O)[O-])cc1)N1C(=O)[C@@H]2[C@H]3C[C@@H]([C@H](Br)[C@H]3Br)[C@H]2C1=O)c1cccs1. The molecule has 0 N–H and O–H groups in total. The number of hydrogen-bond donors (Lipinski definition) is 0. The molecule has 12 heteroatoms. The first-order valence-electron chi connectivity index (χ1n) is 10.5. The highest BCUT2D eigenvalue weighted by Crippen LogP contribution is 2.60. The zero-order valence-electron chi connectivity index (χ0n) is 17.4. The molecule has 2 aromatic rings. The standard InChI is InChI=1S/C22H17Br2N3O6S/c23-18-12-8-13(19(18)24)17-16(12)21(30)26(22(17)31)25(9-14(28)15-2-1-7-34-15)20(29)10-3-5-11(6-4-10)27(32)33/h1-7,12-13,16-19H,8-9H2/t12-,13-,16-,17-,18+,19+/m1/s1. The van der Waals surface area contributed by atoms with Gasteiger partial charge in [0.25, 0.3) is 23.4 Å². The first-order valence-corrected chi connectivity index (χ1v) is 13.2. The zero-order valence-corrected chi connectivity index (χ0v) is 21.4. The molecule has 5 rings (SSSR count). The summed E-state index contributed by atoms with van der Waals surface area (Å²) >= 11 is 8.46. The van der Waals surface area contributed by atoms with Gasteiger partial charge in [0.05, 0.1) is 21.6 Å². The van der Waals surface area contributed by atoms with E-state index < -0.39 is 46.8 Å². The van der Waals surface area contributed by atoms with Gasteiger partial charge < -0.3 is 0 Å². The highest BCUT2D eigenvalue weighted by atomic mass is 79.9. The second-order valence-electron chi connectivity index (χ2n) is 8.56. The van der Waals surface area contributed by atoms with Crippen LogP contribution in [0.1, 0.15) is 26.5 Å². The highest BCUT2D eigenvalue weighted by molar-refractivity contribution is 9.12. The van der Waals surface area contributed by atoms with Crippen molar-refractivity contribution in [3.8, 4) is 0 Å². The van der Waals surface area contributed by atoms with Crippen LogP contribution in [0.25, 0.3) is 0 Å². The van der Waals surface area contributed by atoms with Crippen LogP contribution in [0.4, 0.5) is 5.69 Å². The Balaban J connectivity index is 1.50. The topological polar surface area (TPSA) is 118 Å². The zero-order chi connectivity index (χ0) is 24.3. The first kappa shape index (κ1) is 23.3. The van der Waals surface area contributed by atoms with Crippen molar-refractivity contribution in [2.75, 3.05) is 6.54 Å². The number of carbonyl (C=O) groups excluding carboxylic acids is 4. The molecule has 9 nitrogen and oxygen atoms in total. The number of Topliss-reactive ketones (excluding diaryl/α,β-unsaturated/α-hetero) is 1. The summed E-state index contributed by atoms with van der Waals surface area (Å²) in [4.78, 5) is 64.2. The van der Waals surface area contributed by atoms with Crippen LogP contribution in [0.3, 0.4) is 0 Å². The summed E-state index contributed by atoms with van der Waals surface area (Å²) < 4.78 is 0. The molecule has 0 unspecified atom stereocenters. The van der Waals surface area contributed by atoms with Gasteiger partial charge in [-0.15, -0.1) is 11.3 Å². The van der Waals surface area contributed by atoms with Gasteiger partial charge in [-0.2, -0.15) is 5.01 Å². The maximum atomic E-state index is 13.5.